The van der Waals surface area contributed by atoms with Crippen LogP contribution in [0.3, 0.4) is 0 Å². The number of piperazine rings is 1. The third-order valence-corrected chi connectivity index (χ3v) is 4.11. The molecule has 1 aromatic rings. The second-order valence-electron chi connectivity index (χ2n) is 5.62. The average molecular weight is 325 g/mol. The number of ether oxygens (including phenoxy) is 1. The predicted octanol–water partition coefficient (Wildman–Crippen LogP) is 2.43. The van der Waals surface area contributed by atoms with E-state index in [0.717, 1.165) is 5.69 Å². The van der Waals surface area contributed by atoms with Gasteiger partial charge in [0, 0.05) is 32.1 Å². The fraction of sp³-hybridized carbons (Fsp3) is 0.500. The molecule has 1 aromatic carbocycles. The summed E-state index contributed by atoms with van der Waals surface area (Å²) in [5.74, 6) is -0.196. The minimum Gasteiger partial charge on any atom is -0.465 e. The molecule has 0 unspecified atom stereocenters. The zero-order chi connectivity index (χ0) is 16.3. The van der Waals surface area contributed by atoms with Gasteiger partial charge in [0.15, 0.2) is 0 Å². The smallest absolute Gasteiger partial charge is 0.337 e. The number of hydrogen-bond donors (Lipinski definition) is 0. The highest BCUT2D eigenvalue weighted by Gasteiger charge is 2.24. The lowest BCUT2D eigenvalue weighted by Gasteiger charge is -2.37. The van der Waals surface area contributed by atoms with E-state index in [1.165, 1.54) is 7.11 Å². The van der Waals surface area contributed by atoms with Gasteiger partial charge in [0.1, 0.15) is 0 Å². The van der Waals surface area contributed by atoms with Crippen LogP contribution in [0, 0.1) is 5.92 Å². The number of amides is 1. The van der Waals surface area contributed by atoms with Gasteiger partial charge >= 0.3 is 5.97 Å². The summed E-state index contributed by atoms with van der Waals surface area (Å²) < 4.78 is 4.74. The molecule has 0 spiro atoms. The summed E-state index contributed by atoms with van der Waals surface area (Å²) in [5, 5.41) is 0.594. The number of benzene rings is 1. The van der Waals surface area contributed by atoms with Crippen molar-refractivity contribution in [2.24, 2.45) is 5.92 Å². The number of halogens is 1. The first kappa shape index (κ1) is 16.6. The Morgan fingerprint density at radius 1 is 1.18 bits per heavy atom. The van der Waals surface area contributed by atoms with E-state index in [9.17, 15) is 9.59 Å². The van der Waals surface area contributed by atoms with Gasteiger partial charge in [-0.2, -0.15) is 0 Å². The SMILES string of the molecule is COC(=O)c1ccc(Cl)c(N2CCN(C(=O)C(C)C)CC2)c1. The van der Waals surface area contributed by atoms with Gasteiger partial charge in [-0.1, -0.05) is 25.4 Å². The van der Waals surface area contributed by atoms with Gasteiger partial charge in [-0.25, -0.2) is 4.79 Å². The monoisotopic (exact) mass is 324 g/mol. The standard InChI is InChI=1S/C16H21ClN2O3/c1-11(2)15(20)19-8-6-18(7-9-19)14-10-12(16(21)22-3)4-5-13(14)17/h4-5,10-11H,6-9H2,1-3H3. The summed E-state index contributed by atoms with van der Waals surface area (Å²) >= 11 is 6.25. The van der Waals surface area contributed by atoms with Crippen molar-refractivity contribution in [3.8, 4) is 0 Å². The molecule has 0 atom stereocenters. The highest BCUT2D eigenvalue weighted by molar-refractivity contribution is 6.33. The summed E-state index contributed by atoms with van der Waals surface area (Å²) in [5.41, 5.74) is 1.28. The Morgan fingerprint density at radius 2 is 1.82 bits per heavy atom. The first-order valence-electron chi connectivity index (χ1n) is 7.35. The Balaban J connectivity index is 2.11. The minimum absolute atomic E-state index is 0.0118. The molecule has 0 N–H and O–H groups in total. The lowest BCUT2D eigenvalue weighted by Crippen LogP contribution is -2.50. The summed E-state index contributed by atoms with van der Waals surface area (Å²) in [6.07, 6.45) is 0. The molecule has 22 heavy (non-hydrogen) atoms. The molecule has 2 rings (SSSR count). The molecule has 0 bridgehead atoms. The van der Waals surface area contributed by atoms with E-state index in [1.54, 1.807) is 18.2 Å². The average Bonchev–Trinajstić information content (AvgIpc) is 2.54. The zero-order valence-electron chi connectivity index (χ0n) is 13.1. The highest BCUT2D eigenvalue weighted by atomic mass is 35.5. The number of anilines is 1. The van der Waals surface area contributed by atoms with Crippen molar-refractivity contribution < 1.29 is 14.3 Å². The Morgan fingerprint density at radius 3 is 2.36 bits per heavy atom. The first-order valence-corrected chi connectivity index (χ1v) is 7.73. The second kappa shape index (κ2) is 7.01. The maximum Gasteiger partial charge on any atom is 0.337 e. The van der Waals surface area contributed by atoms with Crippen LogP contribution in [-0.2, 0) is 9.53 Å². The third-order valence-electron chi connectivity index (χ3n) is 3.79. The molecule has 0 aromatic heterocycles. The summed E-state index contributed by atoms with van der Waals surface area (Å²) in [7, 11) is 1.35. The van der Waals surface area contributed by atoms with Crippen molar-refractivity contribution in [1.82, 2.24) is 4.90 Å². The Bertz CT molecular complexity index is 567. The van der Waals surface area contributed by atoms with E-state index in [0.29, 0.717) is 36.8 Å². The number of hydrogen-bond acceptors (Lipinski definition) is 4. The number of methoxy groups -OCH3 is 1. The van der Waals surface area contributed by atoms with Gasteiger partial charge in [0.05, 0.1) is 23.4 Å². The van der Waals surface area contributed by atoms with Crippen LogP contribution in [0.25, 0.3) is 0 Å². The maximum absolute atomic E-state index is 12.0. The van der Waals surface area contributed by atoms with Gasteiger partial charge < -0.3 is 14.5 Å². The predicted molar refractivity (Wildman–Crippen MR) is 86.4 cm³/mol. The maximum atomic E-state index is 12.0. The Kier molecular flexibility index (Phi) is 5.29. The van der Waals surface area contributed by atoms with E-state index in [-0.39, 0.29) is 17.8 Å². The molecule has 0 saturated carbocycles. The number of esters is 1. The van der Waals surface area contributed by atoms with Crippen LogP contribution >= 0.6 is 11.6 Å². The lowest BCUT2D eigenvalue weighted by atomic mass is 10.1. The largest absolute Gasteiger partial charge is 0.465 e. The molecule has 0 aliphatic carbocycles. The van der Waals surface area contributed by atoms with Gasteiger partial charge in [0.25, 0.3) is 0 Å². The molecule has 120 valence electrons. The van der Waals surface area contributed by atoms with Crippen LogP contribution in [0.2, 0.25) is 5.02 Å². The van der Waals surface area contributed by atoms with Gasteiger partial charge in [-0.3, -0.25) is 4.79 Å². The fourth-order valence-corrected chi connectivity index (χ4v) is 2.77. The van der Waals surface area contributed by atoms with Gasteiger partial charge in [0.2, 0.25) is 5.91 Å². The molecule has 6 heteroatoms. The summed E-state index contributed by atoms with van der Waals surface area (Å²) in [4.78, 5) is 27.6. The van der Waals surface area contributed by atoms with Crippen molar-refractivity contribution in [1.29, 1.82) is 0 Å². The molecule has 1 heterocycles. The zero-order valence-corrected chi connectivity index (χ0v) is 13.9. The van der Waals surface area contributed by atoms with E-state index in [4.69, 9.17) is 16.3 Å². The molecule has 5 nitrogen and oxygen atoms in total. The van der Waals surface area contributed by atoms with E-state index in [1.807, 2.05) is 18.7 Å². The quantitative estimate of drug-likeness (QED) is 0.801. The van der Waals surface area contributed by atoms with Crippen LogP contribution in [0.5, 0.6) is 0 Å². The molecule has 1 amide bonds. The normalized spacial score (nSPS) is 15.1. The van der Waals surface area contributed by atoms with Crippen LogP contribution in [0.15, 0.2) is 18.2 Å². The van der Waals surface area contributed by atoms with Crippen LogP contribution in [0.4, 0.5) is 5.69 Å². The summed E-state index contributed by atoms with van der Waals surface area (Å²) in [6.45, 7) is 6.54. The molecular weight excluding hydrogens is 304 g/mol. The Hall–Kier alpha value is -1.75. The number of carbonyl (C=O) groups excluding carboxylic acids is 2. The molecule has 1 saturated heterocycles. The molecular formula is C16H21ClN2O3. The highest BCUT2D eigenvalue weighted by Crippen LogP contribution is 2.28. The van der Waals surface area contributed by atoms with Crippen molar-refractivity contribution in [2.45, 2.75) is 13.8 Å². The number of nitrogens with zero attached hydrogens (tertiary/aromatic N) is 2. The minimum atomic E-state index is -0.383. The molecule has 0 radical (unpaired) electrons. The van der Waals surface area contributed by atoms with Crippen molar-refractivity contribution in [3.05, 3.63) is 28.8 Å². The van der Waals surface area contributed by atoms with Crippen molar-refractivity contribution in [2.75, 3.05) is 38.2 Å². The number of rotatable bonds is 3. The second-order valence-corrected chi connectivity index (χ2v) is 6.03. The van der Waals surface area contributed by atoms with E-state index in [2.05, 4.69) is 4.90 Å². The van der Waals surface area contributed by atoms with Gasteiger partial charge in [-0.15, -0.1) is 0 Å². The topological polar surface area (TPSA) is 49.9 Å². The van der Waals surface area contributed by atoms with Crippen molar-refractivity contribution in [3.63, 3.8) is 0 Å². The van der Waals surface area contributed by atoms with Crippen LogP contribution in [-0.4, -0.2) is 50.1 Å². The van der Waals surface area contributed by atoms with Gasteiger partial charge in [-0.05, 0) is 18.2 Å². The van der Waals surface area contributed by atoms with Crippen LogP contribution in [0.1, 0.15) is 24.2 Å². The van der Waals surface area contributed by atoms with E-state index >= 15 is 0 Å². The Labute approximate surface area is 135 Å². The molecule has 1 aliphatic rings. The first-order chi connectivity index (χ1) is 10.4. The fourth-order valence-electron chi connectivity index (χ4n) is 2.53. The van der Waals surface area contributed by atoms with Crippen molar-refractivity contribution >= 4 is 29.2 Å². The molecule has 1 aliphatic heterocycles. The van der Waals surface area contributed by atoms with E-state index < -0.39 is 0 Å². The number of carbonyl (C=O) groups is 2. The molecule has 1 fully saturated rings. The van der Waals surface area contributed by atoms with Crippen LogP contribution < -0.4 is 4.90 Å². The summed E-state index contributed by atoms with van der Waals surface area (Å²) in [6, 6.07) is 5.10. The lowest BCUT2D eigenvalue weighted by molar-refractivity contribution is -0.134. The third kappa shape index (κ3) is 3.53.